The highest BCUT2D eigenvalue weighted by molar-refractivity contribution is 7.92. The molecule has 3 rings (SSSR count). The highest BCUT2D eigenvalue weighted by Gasteiger charge is 2.24. The Kier molecular flexibility index (Phi) is 5.78. The molecule has 150 valence electrons. The van der Waals surface area contributed by atoms with E-state index in [1.807, 2.05) is 25.1 Å². The molecule has 28 heavy (non-hydrogen) atoms. The summed E-state index contributed by atoms with van der Waals surface area (Å²) < 4.78 is 50.3. The van der Waals surface area contributed by atoms with Gasteiger partial charge in [0.1, 0.15) is 0 Å². The molecule has 0 fully saturated rings. The number of anilines is 1. The van der Waals surface area contributed by atoms with Crippen LogP contribution in [0.25, 0.3) is 11.6 Å². The van der Waals surface area contributed by atoms with E-state index in [1.54, 1.807) is 13.0 Å². The van der Waals surface area contributed by atoms with Gasteiger partial charge in [0.25, 0.3) is 11.8 Å². The maximum absolute atomic E-state index is 13.2. The number of rotatable bonds is 8. The normalized spacial score (nSPS) is 12.9. The van der Waals surface area contributed by atoms with Crippen LogP contribution in [0.2, 0.25) is 0 Å². The van der Waals surface area contributed by atoms with Crippen LogP contribution in [0.5, 0.6) is 0 Å². The summed E-state index contributed by atoms with van der Waals surface area (Å²) in [6.45, 7) is 4.81. The summed E-state index contributed by atoms with van der Waals surface area (Å²) in [5.74, 6) is 0.0756. The van der Waals surface area contributed by atoms with E-state index in [9.17, 15) is 12.8 Å². The lowest BCUT2D eigenvalue weighted by Gasteiger charge is -2.23. The van der Waals surface area contributed by atoms with Crippen molar-refractivity contribution in [3.63, 3.8) is 0 Å². The van der Waals surface area contributed by atoms with Crippen LogP contribution in [0.1, 0.15) is 44.2 Å². The molecule has 3 aromatic rings. The predicted molar refractivity (Wildman–Crippen MR) is 101 cm³/mol. The Labute approximate surface area is 162 Å². The molecule has 0 radical (unpaired) electrons. The fourth-order valence-corrected chi connectivity index (χ4v) is 3.64. The molecule has 1 unspecified atom stereocenters. The van der Waals surface area contributed by atoms with Gasteiger partial charge in [-0.1, -0.05) is 24.2 Å². The maximum Gasteiger partial charge on any atom is 0.270 e. The van der Waals surface area contributed by atoms with Crippen LogP contribution < -0.4 is 4.31 Å². The molecule has 0 aliphatic heterocycles. The van der Waals surface area contributed by atoms with Crippen molar-refractivity contribution in [1.82, 2.24) is 15.4 Å². The lowest BCUT2D eigenvalue weighted by Crippen LogP contribution is -2.31. The van der Waals surface area contributed by atoms with Crippen LogP contribution in [0.3, 0.4) is 0 Å². The molecular formula is C18H21FN4O4S. The van der Waals surface area contributed by atoms with Gasteiger partial charge in [0.2, 0.25) is 10.0 Å². The molecule has 0 saturated carbocycles. The average molecular weight is 408 g/mol. The van der Waals surface area contributed by atoms with Gasteiger partial charge in [-0.2, -0.15) is 0 Å². The van der Waals surface area contributed by atoms with Crippen LogP contribution in [-0.4, -0.2) is 29.5 Å². The van der Waals surface area contributed by atoms with Crippen molar-refractivity contribution in [2.75, 3.05) is 10.1 Å². The second-order valence-corrected chi connectivity index (χ2v) is 8.35. The summed E-state index contributed by atoms with van der Waals surface area (Å²) in [4.78, 5) is 0. The third-order valence-electron chi connectivity index (χ3n) is 4.17. The molecule has 0 bridgehead atoms. The van der Waals surface area contributed by atoms with E-state index in [0.717, 1.165) is 12.0 Å². The van der Waals surface area contributed by atoms with Crippen molar-refractivity contribution in [1.29, 1.82) is 0 Å². The van der Waals surface area contributed by atoms with Gasteiger partial charge in [0, 0.05) is 6.07 Å². The first-order chi connectivity index (χ1) is 13.3. The Bertz CT molecular complexity index is 1050. The fourth-order valence-electron chi connectivity index (χ4n) is 2.57. The Morgan fingerprint density at radius 1 is 1.21 bits per heavy atom. The zero-order valence-electron chi connectivity index (χ0n) is 15.8. The topological polar surface area (TPSA) is 102 Å². The summed E-state index contributed by atoms with van der Waals surface area (Å²) in [6.07, 6.45) is -0.615. The third-order valence-corrected chi connectivity index (χ3v) is 5.91. The number of benzene rings is 1. The maximum atomic E-state index is 13.2. The monoisotopic (exact) mass is 408 g/mol. The average Bonchev–Trinajstić information content (AvgIpc) is 3.35. The molecule has 1 aromatic carbocycles. The van der Waals surface area contributed by atoms with Crippen molar-refractivity contribution in [3.8, 4) is 11.6 Å². The molecule has 1 atom stereocenters. The summed E-state index contributed by atoms with van der Waals surface area (Å²) >= 11 is 0. The first-order valence-corrected chi connectivity index (χ1v) is 10.5. The SMILES string of the molecule is CCc1cccc(N(Cc2cc(-c3nnc(C(C)F)o3)no2)S(=O)(=O)CC)c1. The number of alkyl halides is 1. The zero-order chi connectivity index (χ0) is 20.3. The fraction of sp³-hybridized carbons (Fsp3) is 0.389. The van der Waals surface area contributed by atoms with Gasteiger partial charge in [-0.3, -0.25) is 4.31 Å². The molecule has 2 aromatic heterocycles. The van der Waals surface area contributed by atoms with E-state index in [0.29, 0.717) is 11.4 Å². The number of hydrogen-bond acceptors (Lipinski definition) is 7. The van der Waals surface area contributed by atoms with Gasteiger partial charge in [-0.25, -0.2) is 12.8 Å². The number of sulfonamides is 1. The minimum absolute atomic E-state index is 0.00683. The molecule has 10 heteroatoms. The van der Waals surface area contributed by atoms with Gasteiger partial charge in [0.15, 0.2) is 17.6 Å². The van der Waals surface area contributed by atoms with Crippen molar-refractivity contribution in [2.45, 2.75) is 39.9 Å². The quantitative estimate of drug-likeness (QED) is 0.560. The second kappa shape index (κ2) is 8.09. The lowest BCUT2D eigenvalue weighted by atomic mass is 10.1. The summed E-state index contributed by atoms with van der Waals surface area (Å²) in [5, 5.41) is 11.2. The van der Waals surface area contributed by atoms with Crippen LogP contribution >= 0.6 is 0 Å². The van der Waals surface area contributed by atoms with Crippen LogP contribution in [0.15, 0.2) is 39.3 Å². The van der Waals surface area contributed by atoms with E-state index < -0.39 is 16.2 Å². The van der Waals surface area contributed by atoms with Crippen molar-refractivity contribution in [3.05, 3.63) is 47.5 Å². The third kappa shape index (κ3) is 4.22. The molecule has 0 saturated heterocycles. The Hall–Kier alpha value is -2.75. The number of nitrogens with zero attached hydrogens (tertiary/aromatic N) is 4. The minimum Gasteiger partial charge on any atom is -0.416 e. The largest absolute Gasteiger partial charge is 0.416 e. The first-order valence-electron chi connectivity index (χ1n) is 8.86. The molecule has 0 aliphatic carbocycles. The van der Waals surface area contributed by atoms with Gasteiger partial charge in [-0.05, 0) is 38.0 Å². The van der Waals surface area contributed by atoms with Crippen LogP contribution in [0, 0.1) is 0 Å². The smallest absolute Gasteiger partial charge is 0.270 e. The molecular weight excluding hydrogens is 387 g/mol. The van der Waals surface area contributed by atoms with E-state index >= 15 is 0 Å². The first kappa shape index (κ1) is 20.0. The van der Waals surface area contributed by atoms with Crippen LogP contribution in [-0.2, 0) is 23.0 Å². The van der Waals surface area contributed by atoms with Gasteiger partial charge in [-0.15, -0.1) is 10.2 Å². The predicted octanol–water partition coefficient (Wildman–Crippen LogP) is 3.67. The van der Waals surface area contributed by atoms with E-state index in [1.165, 1.54) is 17.3 Å². The Balaban J connectivity index is 1.90. The number of aromatic nitrogens is 3. The molecule has 2 heterocycles. The lowest BCUT2D eigenvalue weighted by molar-refractivity contribution is 0.300. The highest BCUT2D eigenvalue weighted by atomic mass is 32.2. The van der Waals surface area contributed by atoms with Crippen LogP contribution in [0.4, 0.5) is 10.1 Å². The van der Waals surface area contributed by atoms with E-state index in [2.05, 4.69) is 15.4 Å². The van der Waals surface area contributed by atoms with Crippen molar-refractivity contribution in [2.24, 2.45) is 0 Å². The summed E-state index contributed by atoms with van der Waals surface area (Å²) in [6, 6.07) is 8.82. The molecule has 0 N–H and O–H groups in total. The second-order valence-electron chi connectivity index (χ2n) is 6.17. The van der Waals surface area contributed by atoms with E-state index in [-0.39, 0.29) is 29.8 Å². The number of aryl methyl sites for hydroxylation is 1. The van der Waals surface area contributed by atoms with Gasteiger partial charge >= 0.3 is 0 Å². The molecule has 0 aliphatic rings. The summed E-state index contributed by atoms with van der Waals surface area (Å²) in [5.41, 5.74) is 1.78. The Morgan fingerprint density at radius 3 is 2.64 bits per heavy atom. The standard InChI is InChI=1S/C18H21FN4O4S/c1-4-13-7-6-8-14(9-13)23(28(24,25)5-2)11-15-10-16(22-27-15)18-21-20-17(26-18)12(3)19/h6-10,12H,4-5,11H2,1-3H3. The molecule has 8 nitrogen and oxygen atoms in total. The van der Waals surface area contributed by atoms with Crippen molar-refractivity contribution >= 4 is 15.7 Å². The van der Waals surface area contributed by atoms with Gasteiger partial charge < -0.3 is 8.94 Å². The number of hydrogen-bond donors (Lipinski definition) is 0. The number of halogens is 1. The van der Waals surface area contributed by atoms with Crippen molar-refractivity contribution < 1.29 is 21.7 Å². The van der Waals surface area contributed by atoms with Gasteiger partial charge in [0.05, 0.1) is 18.0 Å². The molecule has 0 amide bonds. The van der Waals surface area contributed by atoms with E-state index in [4.69, 9.17) is 8.94 Å². The highest BCUT2D eigenvalue weighted by Crippen LogP contribution is 2.26. The molecule has 0 spiro atoms. The minimum atomic E-state index is -3.55. The summed E-state index contributed by atoms with van der Waals surface area (Å²) in [7, 11) is -3.55. The Morgan fingerprint density at radius 2 is 2.00 bits per heavy atom. The zero-order valence-corrected chi connectivity index (χ0v) is 16.6.